The van der Waals surface area contributed by atoms with E-state index in [4.69, 9.17) is 4.42 Å². The van der Waals surface area contributed by atoms with Crippen LogP contribution in [0.2, 0.25) is 0 Å². The van der Waals surface area contributed by atoms with Crippen molar-refractivity contribution in [3.63, 3.8) is 0 Å². The van der Waals surface area contributed by atoms with Crippen LogP contribution in [-0.4, -0.2) is 64.4 Å². The van der Waals surface area contributed by atoms with Gasteiger partial charge in [-0.3, -0.25) is 10.00 Å². The molecular formula is C17H26N4O2. The summed E-state index contributed by atoms with van der Waals surface area (Å²) >= 11 is 0. The second-order valence-electron chi connectivity index (χ2n) is 6.83. The molecule has 2 aromatic rings. The Labute approximate surface area is 137 Å². The fourth-order valence-electron chi connectivity index (χ4n) is 3.36. The minimum Gasteiger partial charge on any atom is -0.458 e. The molecular weight excluding hydrogens is 292 g/mol. The molecule has 0 aliphatic carbocycles. The highest BCUT2D eigenvalue weighted by atomic mass is 16.3. The lowest BCUT2D eigenvalue weighted by atomic mass is 9.94. The molecule has 0 spiro atoms. The van der Waals surface area contributed by atoms with Gasteiger partial charge in [0.15, 0.2) is 5.76 Å². The second-order valence-corrected chi connectivity index (χ2v) is 6.83. The normalized spacial score (nSPS) is 23.3. The van der Waals surface area contributed by atoms with Gasteiger partial charge in [-0.2, -0.15) is 5.10 Å². The fraction of sp³-hybridized carbons (Fsp3) is 0.588. The Morgan fingerprint density at radius 1 is 1.30 bits per heavy atom. The first-order valence-corrected chi connectivity index (χ1v) is 8.22. The molecule has 3 heterocycles. The third-order valence-electron chi connectivity index (χ3n) is 4.43. The van der Waals surface area contributed by atoms with Crippen LogP contribution in [0.5, 0.6) is 0 Å². The summed E-state index contributed by atoms with van der Waals surface area (Å²) in [4.78, 5) is 4.43. The molecule has 0 aromatic carbocycles. The molecule has 1 atom stereocenters. The predicted molar refractivity (Wildman–Crippen MR) is 88.9 cm³/mol. The molecule has 2 N–H and O–H groups in total. The van der Waals surface area contributed by atoms with Gasteiger partial charge in [0.1, 0.15) is 11.5 Å². The highest BCUT2D eigenvalue weighted by Crippen LogP contribution is 2.25. The fourth-order valence-corrected chi connectivity index (χ4v) is 3.36. The first kappa shape index (κ1) is 16.2. The number of rotatable bonds is 5. The quantitative estimate of drug-likeness (QED) is 0.882. The zero-order valence-corrected chi connectivity index (χ0v) is 14.0. The molecule has 6 nitrogen and oxygen atoms in total. The van der Waals surface area contributed by atoms with Crippen LogP contribution in [0.1, 0.15) is 25.0 Å². The maximum absolute atomic E-state index is 10.7. The number of hydrogen-bond acceptors (Lipinski definition) is 5. The van der Waals surface area contributed by atoms with E-state index in [2.05, 4.69) is 20.0 Å². The summed E-state index contributed by atoms with van der Waals surface area (Å²) in [7, 11) is 4.03. The van der Waals surface area contributed by atoms with Gasteiger partial charge in [0.2, 0.25) is 0 Å². The van der Waals surface area contributed by atoms with Crippen LogP contribution in [0.3, 0.4) is 0 Å². The molecule has 0 bridgehead atoms. The Morgan fingerprint density at radius 3 is 2.91 bits per heavy atom. The number of H-pyrrole nitrogens is 1. The van der Waals surface area contributed by atoms with E-state index < -0.39 is 5.60 Å². The number of aromatic amines is 1. The van der Waals surface area contributed by atoms with Crippen molar-refractivity contribution in [1.82, 2.24) is 20.0 Å². The number of aliphatic hydroxyl groups is 1. The summed E-state index contributed by atoms with van der Waals surface area (Å²) < 4.78 is 5.90. The van der Waals surface area contributed by atoms with E-state index >= 15 is 0 Å². The van der Waals surface area contributed by atoms with E-state index in [1.165, 1.54) is 0 Å². The molecule has 126 valence electrons. The largest absolute Gasteiger partial charge is 0.458 e. The Hall–Kier alpha value is -1.63. The average Bonchev–Trinajstić information content (AvgIpc) is 3.11. The highest BCUT2D eigenvalue weighted by molar-refractivity contribution is 5.51. The van der Waals surface area contributed by atoms with Crippen molar-refractivity contribution in [2.45, 2.75) is 31.4 Å². The van der Waals surface area contributed by atoms with Gasteiger partial charge in [0.25, 0.3) is 0 Å². The molecule has 3 rings (SSSR count). The van der Waals surface area contributed by atoms with Crippen molar-refractivity contribution < 1.29 is 9.52 Å². The van der Waals surface area contributed by atoms with Crippen LogP contribution in [-0.2, 0) is 6.54 Å². The molecule has 2 aromatic heterocycles. The number of likely N-dealkylation sites (N-methyl/N-ethyl adjacent to an activating group) is 1. The van der Waals surface area contributed by atoms with E-state index in [1.54, 1.807) is 6.20 Å². The van der Waals surface area contributed by atoms with E-state index in [1.807, 2.05) is 32.3 Å². The summed E-state index contributed by atoms with van der Waals surface area (Å²) in [6, 6.07) is 5.89. The summed E-state index contributed by atoms with van der Waals surface area (Å²) in [6.07, 6.45) is 4.40. The SMILES string of the molecule is CN(C)C[C@@]1(O)CCCN(Cc2ccc(-c3ccn[nH]3)o2)CC1. The zero-order chi connectivity index (χ0) is 16.3. The molecule has 6 heteroatoms. The Bertz CT molecular complexity index is 608. The second kappa shape index (κ2) is 6.86. The minimum absolute atomic E-state index is 0.567. The van der Waals surface area contributed by atoms with Gasteiger partial charge in [-0.15, -0.1) is 0 Å². The summed E-state index contributed by atoms with van der Waals surface area (Å²) in [5, 5.41) is 17.6. The predicted octanol–water partition coefficient (Wildman–Crippen LogP) is 1.95. The van der Waals surface area contributed by atoms with Crippen LogP contribution < -0.4 is 0 Å². The van der Waals surface area contributed by atoms with Crippen molar-refractivity contribution in [2.24, 2.45) is 0 Å². The minimum atomic E-state index is -0.567. The third kappa shape index (κ3) is 4.22. The van der Waals surface area contributed by atoms with E-state index in [-0.39, 0.29) is 0 Å². The molecule has 0 radical (unpaired) electrons. The lowest BCUT2D eigenvalue weighted by molar-refractivity contribution is 0.00245. The molecule has 1 saturated heterocycles. The Balaban J connectivity index is 1.59. The first-order chi connectivity index (χ1) is 11.0. The number of furan rings is 1. The number of nitrogens with zero attached hydrogens (tertiary/aromatic N) is 3. The molecule has 23 heavy (non-hydrogen) atoms. The van der Waals surface area contributed by atoms with E-state index in [0.29, 0.717) is 0 Å². The van der Waals surface area contributed by atoms with Gasteiger partial charge in [-0.25, -0.2) is 0 Å². The van der Waals surface area contributed by atoms with Crippen molar-refractivity contribution in [2.75, 3.05) is 33.7 Å². The lowest BCUT2D eigenvalue weighted by Crippen LogP contribution is -2.40. The average molecular weight is 318 g/mol. The topological polar surface area (TPSA) is 68.5 Å². The molecule has 0 saturated carbocycles. The summed E-state index contributed by atoms with van der Waals surface area (Å²) in [5.74, 6) is 1.77. The lowest BCUT2D eigenvalue weighted by Gasteiger charge is -2.29. The molecule has 1 aliphatic heterocycles. The van der Waals surface area contributed by atoms with Crippen molar-refractivity contribution in [1.29, 1.82) is 0 Å². The van der Waals surface area contributed by atoms with Crippen LogP contribution in [0.25, 0.3) is 11.5 Å². The number of likely N-dealkylation sites (tertiary alicyclic amines) is 1. The maximum Gasteiger partial charge on any atom is 0.152 e. The van der Waals surface area contributed by atoms with Crippen LogP contribution in [0.15, 0.2) is 28.8 Å². The first-order valence-electron chi connectivity index (χ1n) is 8.22. The number of aromatic nitrogens is 2. The van der Waals surface area contributed by atoms with Crippen LogP contribution in [0, 0.1) is 0 Å². The highest BCUT2D eigenvalue weighted by Gasteiger charge is 2.30. The van der Waals surface area contributed by atoms with Gasteiger partial charge in [-0.05, 0) is 58.1 Å². The van der Waals surface area contributed by atoms with Gasteiger partial charge in [-0.1, -0.05) is 0 Å². The van der Waals surface area contributed by atoms with Crippen LogP contribution >= 0.6 is 0 Å². The smallest absolute Gasteiger partial charge is 0.152 e. The van der Waals surface area contributed by atoms with Gasteiger partial charge in [0, 0.05) is 19.3 Å². The van der Waals surface area contributed by atoms with Crippen molar-refractivity contribution in [3.05, 3.63) is 30.2 Å². The molecule has 0 unspecified atom stereocenters. The van der Waals surface area contributed by atoms with Crippen LogP contribution in [0.4, 0.5) is 0 Å². The number of hydrogen-bond donors (Lipinski definition) is 2. The van der Waals surface area contributed by atoms with E-state index in [9.17, 15) is 5.11 Å². The Morgan fingerprint density at radius 2 is 2.17 bits per heavy atom. The molecule has 0 amide bonds. The third-order valence-corrected chi connectivity index (χ3v) is 4.43. The Kier molecular flexibility index (Phi) is 4.84. The van der Waals surface area contributed by atoms with Gasteiger partial charge in [0.05, 0.1) is 12.1 Å². The van der Waals surface area contributed by atoms with Crippen molar-refractivity contribution >= 4 is 0 Å². The van der Waals surface area contributed by atoms with Gasteiger partial charge < -0.3 is 14.4 Å². The molecule has 1 fully saturated rings. The zero-order valence-electron chi connectivity index (χ0n) is 14.0. The van der Waals surface area contributed by atoms with Crippen molar-refractivity contribution in [3.8, 4) is 11.5 Å². The molecule has 1 aliphatic rings. The monoisotopic (exact) mass is 318 g/mol. The summed E-state index contributed by atoms with van der Waals surface area (Å²) in [5.41, 5.74) is 0.329. The van der Waals surface area contributed by atoms with Gasteiger partial charge >= 0.3 is 0 Å². The summed E-state index contributed by atoms with van der Waals surface area (Å²) in [6.45, 7) is 3.40. The van der Waals surface area contributed by atoms with E-state index in [0.717, 1.165) is 62.7 Å². The number of nitrogens with one attached hydrogen (secondary N) is 1. The standard InChI is InChI=1S/C17H26N4O2/c1-20(2)13-17(22)7-3-10-21(11-8-17)12-14-4-5-16(23-14)15-6-9-18-19-15/h4-6,9,22H,3,7-8,10-13H2,1-2H3,(H,18,19)/t17-/m1/s1. The maximum atomic E-state index is 10.7.